The van der Waals surface area contributed by atoms with Crippen molar-refractivity contribution in [2.75, 3.05) is 37.7 Å². The van der Waals surface area contributed by atoms with Crippen molar-refractivity contribution in [3.05, 3.63) is 59.7 Å². The Morgan fingerprint density at radius 1 is 1.07 bits per heavy atom. The van der Waals surface area contributed by atoms with E-state index in [2.05, 4.69) is 26.4 Å². The minimum Gasteiger partial charge on any atom is -0.437 e. The predicted molar refractivity (Wildman–Crippen MR) is 112 cm³/mol. The van der Waals surface area contributed by atoms with Crippen molar-refractivity contribution in [1.29, 1.82) is 5.26 Å². The van der Waals surface area contributed by atoms with Crippen LogP contribution in [0.15, 0.2) is 48.5 Å². The van der Waals surface area contributed by atoms with Gasteiger partial charge in [0.1, 0.15) is 5.75 Å². The highest BCUT2D eigenvalue weighted by molar-refractivity contribution is 5.72. The van der Waals surface area contributed by atoms with Crippen LogP contribution >= 0.6 is 0 Å². The summed E-state index contributed by atoms with van der Waals surface area (Å²) in [6.07, 6.45) is 0.827. The number of benzene rings is 2. The number of hydrogen-bond donors (Lipinski definition) is 1. The molecule has 0 spiro atoms. The van der Waals surface area contributed by atoms with Crippen LogP contribution in [0, 0.1) is 11.3 Å². The topological polar surface area (TPSA) is 110 Å². The van der Waals surface area contributed by atoms with Crippen molar-refractivity contribution in [2.24, 2.45) is 5.73 Å². The van der Waals surface area contributed by atoms with Gasteiger partial charge in [0.2, 0.25) is 5.88 Å². The van der Waals surface area contributed by atoms with Crippen LogP contribution in [0.2, 0.25) is 0 Å². The average molecular weight is 402 g/mol. The van der Waals surface area contributed by atoms with Gasteiger partial charge in [-0.1, -0.05) is 29.4 Å². The third-order valence-corrected chi connectivity index (χ3v) is 4.90. The van der Waals surface area contributed by atoms with Crippen LogP contribution in [0.3, 0.4) is 0 Å². The summed E-state index contributed by atoms with van der Waals surface area (Å²) in [5, 5.41) is 21.3. The molecule has 1 fully saturated rings. The Hall–Kier alpha value is -3.54. The molecule has 8 heteroatoms. The van der Waals surface area contributed by atoms with E-state index in [4.69, 9.17) is 15.2 Å². The SMILES string of the molecule is N#Cc1ccc(-c2ccc(CCN)cc2)c(Oc2cc(N3CCOCC3)nnn2)c1. The van der Waals surface area contributed by atoms with Gasteiger partial charge in [-0.3, -0.25) is 0 Å². The molecule has 152 valence electrons. The van der Waals surface area contributed by atoms with Gasteiger partial charge < -0.3 is 20.1 Å². The third-order valence-electron chi connectivity index (χ3n) is 4.90. The van der Waals surface area contributed by atoms with Gasteiger partial charge in [-0.25, -0.2) is 0 Å². The van der Waals surface area contributed by atoms with Gasteiger partial charge in [0.25, 0.3) is 0 Å². The van der Waals surface area contributed by atoms with E-state index in [0.29, 0.717) is 42.8 Å². The van der Waals surface area contributed by atoms with E-state index >= 15 is 0 Å². The number of nitrogens with two attached hydrogens (primary N) is 1. The van der Waals surface area contributed by atoms with Crippen LogP contribution in [-0.4, -0.2) is 48.3 Å². The van der Waals surface area contributed by atoms with Crippen molar-refractivity contribution in [2.45, 2.75) is 6.42 Å². The summed E-state index contributed by atoms with van der Waals surface area (Å²) < 4.78 is 11.5. The Kier molecular flexibility index (Phi) is 6.13. The number of anilines is 1. The average Bonchev–Trinajstić information content (AvgIpc) is 2.81. The summed E-state index contributed by atoms with van der Waals surface area (Å²) in [4.78, 5) is 2.08. The van der Waals surface area contributed by atoms with Crippen molar-refractivity contribution in [3.8, 4) is 28.8 Å². The predicted octanol–water partition coefficient (Wildman–Crippen LogP) is 2.54. The van der Waals surface area contributed by atoms with E-state index in [1.807, 2.05) is 30.3 Å². The Labute approximate surface area is 174 Å². The molecule has 0 aliphatic carbocycles. The number of ether oxygens (including phenoxy) is 2. The Morgan fingerprint density at radius 2 is 1.87 bits per heavy atom. The fraction of sp³-hybridized carbons (Fsp3) is 0.273. The van der Waals surface area contributed by atoms with Gasteiger partial charge in [0, 0.05) is 24.7 Å². The molecular weight excluding hydrogens is 380 g/mol. The number of aromatic nitrogens is 3. The molecule has 2 aromatic carbocycles. The molecule has 1 aliphatic rings. The highest BCUT2D eigenvalue weighted by Crippen LogP contribution is 2.34. The zero-order valence-corrected chi connectivity index (χ0v) is 16.5. The van der Waals surface area contributed by atoms with E-state index < -0.39 is 0 Å². The molecule has 0 unspecified atom stereocenters. The number of rotatable bonds is 6. The summed E-state index contributed by atoms with van der Waals surface area (Å²) in [6.45, 7) is 3.38. The fourth-order valence-electron chi connectivity index (χ4n) is 3.32. The van der Waals surface area contributed by atoms with Crippen molar-refractivity contribution in [3.63, 3.8) is 0 Å². The van der Waals surface area contributed by atoms with E-state index in [1.165, 1.54) is 5.56 Å². The second-order valence-corrected chi connectivity index (χ2v) is 6.89. The minimum absolute atomic E-state index is 0.322. The van der Waals surface area contributed by atoms with E-state index in [-0.39, 0.29) is 0 Å². The van der Waals surface area contributed by atoms with E-state index in [9.17, 15) is 5.26 Å². The van der Waals surface area contributed by atoms with Gasteiger partial charge in [-0.05, 0) is 47.5 Å². The first kappa shape index (κ1) is 19.8. The third kappa shape index (κ3) is 4.54. The second kappa shape index (κ2) is 9.31. The van der Waals surface area contributed by atoms with Gasteiger partial charge in [0.05, 0.1) is 24.8 Å². The lowest BCUT2D eigenvalue weighted by molar-refractivity contribution is 0.122. The number of morpholine rings is 1. The first-order valence-electron chi connectivity index (χ1n) is 9.81. The summed E-state index contributed by atoms with van der Waals surface area (Å²) in [5.74, 6) is 1.55. The first-order valence-corrected chi connectivity index (χ1v) is 9.81. The van der Waals surface area contributed by atoms with Crippen molar-refractivity contribution < 1.29 is 9.47 Å². The summed E-state index contributed by atoms with van der Waals surface area (Å²) >= 11 is 0. The number of nitriles is 1. The molecular formula is C22H22N6O2. The molecule has 3 aromatic rings. The standard InChI is InChI=1S/C22H22N6O2/c23-8-7-16-1-4-18(5-2-16)19-6-3-17(15-24)13-20(19)30-22-14-21(25-27-26-22)28-9-11-29-12-10-28/h1-6,13-14H,7-12,23H2. The van der Waals surface area contributed by atoms with Gasteiger partial charge >= 0.3 is 0 Å². The molecule has 1 saturated heterocycles. The molecule has 1 aromatic heterocycles. The molecule has 0 amide bonds. The van der Waals surface area contributed by atoms with Gasteiger partial charge in [-0.2, -0.15) is 5.26 Å². The Bertz CT molecular complexity index is 1040. The van der Waals surface area contributed by atoms with Crippen LogP contribution in [0.5, 0.6) is 11.6 Å². The smallest absolute Gasteiger partial charge is 0.244 e. The van der Waals surface area contributed by atoms with Crippen molar-refractivity contribution >= 4 is 5.82 Å². The molecule has 2 heterocycles. The summed E-state index contributed by atoms with van der Waals surface area (Å²) in [6, 6.07) is 17.4. The zero-order chi connectivity index (χ0) is 20.8. The molecule has 8 nitrogen and oxygen atoms in total. The van der Waals surface area contributed by atoms with Gasteiger partial charge in [-0.15, -0.1) is 5.10 Å². The quantitative estimate of drug-likeness (QED) is 0.670. The highest BCUT2D eigenvalue weighted by atomic mass is 16.5. The summed E-state index contributed by atoms with van der Waals surface area (Å²) in [5.41, 5.74) is 9.15. The van der Waals surface area contributed by atoms with E-state index in [0.717, 1.165) is 30.6 Å². The lowest BCUT2D eigenvalue weighted by Gasteiger charge is -2.27. The zero-order valence-electron chi connectivity index (χ0n) is 16.5. The fourth-order valence-corrected chi connectivity index (χ4v) is 3.32. The van der Waals surface area contributed by atoms with Crippen LogP contribution < -0.4 is 15.4 Å². The molecule has 0 radical (unpaired) electrons. The van der Waals surface area contributed by atoms with Crippen LogP contribution in [0.25, 0.3) is 11.1 Å². The molecule has 4 rings (SSSR count). The minimum atomic E-state index is 0.322. The number of nitrogens with zero attached hydrogens (tertiary/aromatic N) is 5. The first-order chi connectivity index (χ1) is 14.8. The van der Waals surface area contributed by atoms with Crippen LogP contribution in [0.1, 0.15) is 11.1 Å². The normalized spacial score (nSPS) is 13.7. The lowest BCUT2D eigenvalue weighted by atomic mass is 10.0. The molecule has 30 heavy (non-hydrogen) atoms. The maximum atomic E-state index is 9.33. The summed E-state index contributed by atoms with van der Waals surface area (Å²) in [7, 11) is 0. The Balaban J connectivity index is 1.64. The largest absolute Gasteiger partial charge is 0.437 e. The lowest BCUT2D eigenvalue weighted by Crippen LogP contribution is -2.36. The molecule has 0 saturated carbocycles. The maximum absolute atomic E-state index is 9.33. The maximum Gasteiger partial charge on any atom is 0.244 e. The van der Waals surface area contributed by atoms with Gasteiger partial charge in [0.15, 0.2) is 5.82 Å². The van der Waals surface area contributed by atoms with E-state index in [1.54, 1.807) is 18.2 Å². The Morgan fingerprint density at radius 3 is 2.60 bits per heavy atom. The molecule has 0 atom stereocenters. The molecule has 1 aliphatic heterocycles. The highest BCUT2D eigenvalue weighted by Gasteiger charge is 2.16. The second-order valence-electron chi connectivity index (χ2n) is 6.89. The molecule has 2 N–H and O–H groups in total. The van der Waals surface area contributed by atoms with Crippen LogP contribution in [0.4, 0.5) is 5.82 Å². The monoisotopic (exact) mass is 402 g/mol. The number of hydrogen-bond acceptors (Lipinski definition) is 8. The molecule has 0 bridgehead atoms. The van der Waals surface area contributed by atoms with Crippen molar-refractivity contribution in [1.82, 2.24) is 15.4 Å². The van der Waals surface area contributed by atoms with Crippen LogP contribution in [-0.2, 0) is 11.2 Å².